The number of amides is 1. The van der Waals surface area contributed by atoms with Crippen molar-refractivity contribution in [2.45, 2.75) is 19.5 Å². The first-order valence-corrected chi connectivity index (χ1v) is 9.91. The highest BCUT2D eigenvalue weighted by Gasteiger charge is 2.30. The zero-order valence-corrected chi connectivity index (χ0v) is 19.3. The lowest BCUT2D eigenvalue weighted by Gasteiger charge is -2.15. The van der Waals surface area contributed by atoms with E-state index in [9.17, 15) is 18.0 Å². The van der Waals surface area contributed by atoms with Crippen LogP contribution in [0.1, 0.15) is 23.1 Å². The Morgan fingerprint density at radius 3 is 2.45 bits per heavy atom. The van der Waals surface area contributed by atoms with Crippen LogP contribution in [0.25, 0.3) is 11.3 Å². The largest absolute Gasteiger partial charge is 0.493 e. The fourth-order valence-corrected chi connectivity index (χ4v) is 3.14. The molecule has 0 radical (unpaired) electrons. The summed E-state index contributed by atoms with van der Waals surface area (Å²) in [6.07, 6.45) is -3.75. The summed E-state index contributed by atoms with van der Waals surface area (Å²) in [5.41, 5.74) is 0.148. The van der Waals surface area contributed by atoms with Crippen molar-refractivity contribution in [3.05, 3.63) is 57.7 Å². The molecule has 0 bridgehead atoms. The maximum absolute atomic E-state index is 13.0. The summed E-state index contributed by atoms with van der Waals surface area (Å²) >= 11 is 12.1. The molecule has 0 aliphatic rings. The van der Waals surface area contributed by atoms with Crippen LogP contribution < -0.4 is 14.8 Å². The van der Waals surface area contributed by atoms with Crippen LogP contribution >= 0.6 is 23.2 Å². The molecule has 0 saturated carbocycles. The minimum atomic E-state index is -4.54. The predicted octanol–water partition coefficient (Wildman–Crippen LogP) is 5.25. The molecular weight excluding hydrogens is 484 g/mol. The summed E-state index contributed by atoms with van der Waals surface area (Å²) in [6.45, 7) is 4.76. The van der Waals surface area contributed by atoms with Crippen molar-refractivity contribution in [2.24, 2.45) is 4.99 Å². The average molecular weight is 503 g/mol. The maximum atomic E-state index is 13.0. The van der Waals surface area contributed by atoms with Gasteiger partial charge in [-0.05, 0) is 31.8 Å². The van der Waals surface area contributed by atoms with Crippen molar-refractivity contribution in [3.8, 4) is 22.8 Å². The van der Waals surface area contributed by atoms with E-state index < -0.39 is 24.3 Å². The van der Waals surface area contributed by atoms with Crippen molar-refractivity contribution < 1.29 is 27.4 Å². The van der Waals surface area contributed by atoms with E-state index in [1.807, 2.05) is 0 Å². The van der Waals surface area contributed by atoms with Gasteiger partial charge in [0.2, 0.25) is 0 Å². The van der Waals surface area contributed by atoms with E-state index in [1.54, 1.807) is 0 Å². The van der Waals surface area contributed by atoms with E-state index >= 15 is 0 Å². The summed E-state index contributed by atoms with van der Waals surface area (Å²) < 4.78 is 49.2. The van der Waals surface area contributed by atoms with Gasteiger partial charge in [-0.2, -0.15) is 13.2 Å². The number of hydrogen-bond donors (Lipinski definition) is 1. The number of alkyl halides is 3. The van der Waals surface area contributed by atoms with E-state index in [0.29, 0.717) is 11.3 Å². The number of benzene rings is 1. The molecule has 0 unspecified atom stereocenters. The maximum Gasteiger partial charge on any atom is 0.396 e. The van der Waals surface area contributed by atoms with Crippen LogP contribution in [0, 0.1) is 0 Å². The normalized spacial score (nSPS) is 12.7. The van der Waals surface area contributed by atoms with Crippen LogP contribution in [0.4, 0.5) is 13.2 Å². The molecule has 1 heterocycles. The Morgan fingerprint density at radius 2 is 1.91 bits per heavy atom. The molecule has 1 aromatic carbocycles. The Bertz CT molecular complexity index is 1110. The first-order valence-electron chi connectivity index (χ1n) is 9.15. The van der Waals surface area contributed by atoms with Crippen molar-refractivity contribution in [3.63, 3.8) is 0 Å². The number of nitrogens with zero attached hydrogens (tertiary/aromatic N) is 3. The van der Waals surface area contributed by atoms with Crippen LogP contribution in [-0.4, -0.2) is 43.0 Å². The van der Waals surface area contributed by atoms with Crippen molar-refractivity contribution in [1.29, 1.82) is 0 Å². The highest BCUT2D eigenvalue weighted by atomic mass is 35.5. The van der Waals surface area contributed by atoms with E-state index in [1.165, 1.54) is 45.5 Å². The summed E-state index contributed by atoms with van der Waals surface area (Å²) in [5, 5.41) is 2.64. The molecule has 0 spiro atoms. The molecule has 33 heavy (non-hydrogen) atoms. The third kappa shape index (κ3) is 6.93. The zero-order chi connectivity index (χ0) is 24.8. The molecule has 1 aromatic heterocycles. The molecule has 0 aliphatic heterocycles. The number of halogens is 5. The van der Waals surface area contributed by atoms with Crippen LogP contribution in [0.3, 0.4) is 0 Å². The summed E-state index contributed by atoms with van der Waals surface area (Å²) in [6, 6.07) is 4.54. The Kier molecular flexibility index (Phi) is 8.84. The quantitative estimate of drug-likeness (QED) is 0.393. The van der Waals surface area contributed by atoms with Crippen LogP contribution in [0.2, 0.25) is 0 Å². The van der Waals surface area contributed by atoms with Crippen LogP contribution in [0.15, 0.2) is 51.3 Å². The van der Waals surface area contributed by atoms with Gasteiger partial charge < -0.3 is 14.8 Å². The Hall–Kier alpha value is -3.11. The van der Waals surface area contributed by atoms with E-state index in [2.05, 4.69) is 27.0 Å². The molecule has 0 atom stereocenters. The highest BCUT2D eigenvalue weighted by molar-refractivity contribution is 6.35. The number of nitrogens with one attached hydrogen (secondary N) is 1. The summed E-state index contributed by atoms with van der Waals surface area (Å²) in [7, 11) is 2.83. The van der Waals surface area contributed by atoms with Gasteiger partial charge in [0, 0.05) is 23.0 Å². The Balaban J connectivity index is 2.63. The molecule has 176 valence electrons. The fraction of sp³-hybridized carbons (Fsp3) is 0.238. The Labute approximate surface area is 197 Å². The number of aromatic nitrogens is 2. The monoisotopic (exact) mass is 502 g/mol. The molecule has 7 nitrogen and oxygen atoms in total. The lowest BCUT2D eigenvalue weighted by Crippen LogP contribution is -2.25. The molecule has 2 aromatic rings. The van der Waals surface area contributed by atoms with Crippen molar-refractivity contribution >= 4 is 35.8 Å². The van der Waals surface area contributed by atoms with E-state index in [-0.39, 0.29) is 32.8 Å². The second-order valence-electron chi connectivity index (χ2n) is 6.43. The molecule has 2 rings (SSSR count). The molecular formula is C21H19Cl2F3N4O3. The number of carbonyl (C=O) groups is 1. The molecule has 12 heteroatoms. The van der Waals surface area contributed by atoms with Crippen molar-refractivity contribution in [1.82, 2.24) is 15.3 Å². The predicted molar refractivity (Wildman–Crippen MR) is 120 cm³/mol. The third-order valence-electron chi connectivity index (χ3n) is 4.13. The minimum Gasteiger partial charge on any atom is -0.493 e. The number of aliphatic imine (C=N–C) groups is 1. The van der Waals surface area contributed by atoms with Gasteiger partial charge in [0.25, 0.3) is 5.91 Å². The van der Waals surface area contributed by atoms with Gasteiger partial charge in [-0.15, -0.1) is 0 Å². The van der Waals surface area contributed by atoms with Gasteiger partial charge in [0.05, 0.1) is 36.2 Å². The number of carbonyl (C=O) groups excluding carboxylic acids is 1. The SMILES string of the molecule is C=N/C=C(Cl)\C(NC(=O)c1cnc(CC(F)(F)F)nc1-c1ccc(OC)c(OC)c1)=C(/C)Cl. The third-order valence-corrected chi connectivity index (χ3v) is 4.60. The standard InChI is InChI=1S/C21H19Cl2F3N4O3/c1-11(22)18(14(23)10-27-2)30-20(31)13-9-28-17(8-21(24,25)26)29-19(13)12-5-6-15(32-3)16(7-12)33-4/h5-7,9-10H,2,8H2,1,3-4H3,(H,30,31)/b14-10+,18-11-. The minimum absolute atomic E-state index is 0.00636. The molecule has 1 amide bonds. The van der Waals surface area contributed by atoms with Crippen LogP contribution in [-0.2, 0) is 6.42 Å². The topological polar surface area (TPSA) is 85.7 Å². The number of rotatable bonds is 8. The molecule has 0 fully saturated rings. The second kappa shape index (κ2) is 11.2. The van der Waals surface area contributed by atoms with Gasteiger partial charge >= 0.3 is 6.18 Å². The number of allylic oxidation sites excluding steroid dienone is 2. The first kappa shape index (κ1) is 26.1. The fourth-order valence-electron chi connectivity index (χ4n) is 2.69. The highest BCUT2D eigenvalue weighted by Crippen LogP contribution is 2.33. The van der Waals surface area contributed by atoms with Gasteiger partial charge in [-0.3, -0.25) is 9.79 Å². The van der Waals surface area contributed by atoms with Gasteiger partial charge in [0.1, 0.15) is 12.2 Å². The van der Waals surface area contributed by atoms with Gasteiger partial charge in [-0.25, -0.2) is 9.97 Å². The number of ether oxygens (including phenoxy) is 2. The molecule has 0 saturated heterocycles. The van der Waals surface area contributed by atoms with Gasteiger partial charge in [-0.1, -0.05) is 23.2 Å². The smallest absolute Gasteiger partial charge is 0.396 e. The number of hydrogen-bond acceptors (Lipinski definition) is 6. The number of methoxy groups -OCH3 is 2. The van der Waals surface area contributed by atoms with E-state index in [4.69, 9.17) is 32.7 Å². The molecule has 1 N–H and O–H groups in total. The zero-order valence-electron chi connectivity index (χ0n) is 17.8. The van der Waals surface area contributed by atoms with Gasteiger partial charge in [0.15, 0.2) is 11.5 Å². The molecule has 0 aliphatic carbocycles. The lowest BCUT2D eigenvalue weighted by molar-refractivity contribution is -0.128. The first-order chi connectivity index (χ1) is 15.5. The summed E-state index contributed by atoms with van der Waals surface area (Å²) in [5.74, 6) is -0.600. The van der Waals surface area contributed by atoms with Crippen LogP contribution in [0.5, 0.6) is 11.5 Å². The summed E-state index contributed by atoms with van der Waals surface area (Å²) in [4.78, 5) is 24.3. The Morgan fingerprint density at radius 1 is 1.24 bits per heavy atom. The lowest BCUT2D eigenvalue weighted by atomic mass is 10.1. The average Bonchev–Trinajstić information content (AvgIpc) is 2.75. The van der Waals surface area contributed by atoms with E-state index in [0.717, 1.165) is 6.20 Å². The van der Waals surface area contributed by atoms with Crippen molar-refractivity contribution in [2.75, 3.05) is 14.2 Å². The second-order valence-corrected chi connectivity index (χ2v) is 7.41.